The lowest BCUT2D eigenvalue weighted by Gasteiger charge is -2.36. The second-order valence-electron chi connectivity index (χ2n) is 6.05. The van der Waals surface area contributed by atoms with Crippen LogP contribution in [0.25, 0.3) is 0 Å². The monoisotopic (exact) mass is 325 g/mol. The smallest absolute Gasteiger partial charge is 0.219 e. The molecule has 0 unspecified atom stereocenters. The molecule has 2 aliphatic rings. The Kier molecular flexibility index (Phi) is 4.77. The van der Waals surface area contributed by atoms with Gasteiger partial charge in [-0.05, 0) is 12.8 Å². The van der Waals surface area contributed by atoms with Gasteiger partial charge in [0.2, 0.25) is 5.91 Å². The van der Waals surface area contributed by atoms with E-state index in [2.05, 4.69) is 9.88 Å². The Labute approximate surface area is 134 Å². The minimum atomic E-state index is -0.883. The molecule has 1 aromatic rings. The fourth-order valence-electron chi connectivity index (χ4n) is 3.00. The van der Waals surface area contributed by atoms with E-state index in [0.717, 1.165) is 43.5 Å². The molecule has 0 atom stereocenters. The normalized spacial score (nSPS) is 22.7. The topological polar surface area (TPSA) is 65.9 Å². The molecule has 0 bridgehead atoms. The number of aromatic nitrogens is 1. The Hall–Kier alpha value is -1.02. The van der Waals surface area contributed by atoms with Crippen LogP contribution in [0.2, 0.25) is 0 Å². The van der Waals surface area contributed by atoms with Crippen LogP contribution in [-0.4, -0.2) is 65.2 Å². The molecule has 0 aliphatic carbocycles. The fourth-order valence-corrected chi connectivity index (χ4v) is 3.92. The summed E-state index contributed by atoms with van der Waals surface area (Å²) in [4.78, 5) is 20.2. The number of morpholine rings is 1. The maximum Gasteiger partial charge on any atom is 0.219 e. The zero-order valence-corrected chi connectivity index (χ0v) is 13.8. The van der Waals surface area contributed by atoms with Crippen molar-refractivity contribution in [3.05, 3.63) is 16.1 Å². The molecular weight excluding hydrogens is 302 g/mol. The highest BCUT2D eigenvalue weighted by Crippen LogP contribution is 2.33. The summed E-state index contributed by atoms with van der Waals surface area (Å²) in [7, 11) is 0. The van der Waals surface area contributed by atoms with Crippen LogP contribution in [0, 0.1) is 0 Å². The van der Waals surface area contributed by atoms with Crippen LogP contribution in [0.1, 0.15) is 30.5 Å². The standard InChI is InChI=1S/C15H23N3O3S/c1-12(19)18-4-2-15(20,3-5-18)13-11-22-14(16-13)10-17-6-8-21-9-7-17/h11,20H,2-10H2,1H3. The molecule has 22 heavy (non-hydrogen) atoms. The number of thiazole rings is 1. The van der Waals surface area contributed by atoms with E-state index in [4.69, 9.17) is 4.74 Å². The van der Waals surface area contributed by atoms with Gasteiger partial charge in [-0.3, -0.25) is 9.69 Å². The fraction of sp³-hybridized carbons (Fsp3) is 0.733. The number of piperidine rings is 1. The van der Waals surface area contributed by atoms with Gasteiger partial charge >= 0.3 is 0 Å². The first-order valence-electron chi connectivity index (χ1n) is 7.80. The number of carbonyl (C=O) groups is 1. The number of rotatable bonds is 3. The molecule has 1 N–H and O–H groups in total. The number of nitrogens with zero attached hydrogens (tertiary/aromatic N) is 3. The minimum absolute atomic E-state index is 0.0772. The summed E-state index contributed by atoms with van der Waals surface area (Å²) < 4.78 is 5.35. The molecule has 1 aromatic heterocycles. The van der Waals surface area contributed by atoms with Crippen LogP contribution >= 0.6 is 11.3 Å². The van der Waals surface area contributed by atoms with Gasteiger partial charge in [0, 0.05) is 38.5 Å². The number of likely N-dealkylation sites (tertiary alicyclic amines) is 1. The van der Waals surface area contributed by atoms with Crippen molar-refractivity contribution in [1.82, 2.24) is 14.8 Å². The molecule has 2 fully saturated rings. The lowest BCUT2D eigenvalue weighted by Crippen LogP contribution is -2.44. The van der Waals surface area contributed by atoms with E-state index in [1.54, 1.807) is 23.2 Å². The van der Waals surface area contributed by atoms with Gasteiger partial charge in [-0.15, -0.1) is 11.3 Å². The molecule has 6 nitrogen and oxygen atoms in total. The van der Waals surface area contributed by atoms with Crippen molar-refractivity contribution in [2.24, 2.45) is 0 Å². The van der Waals surface area contributed by atoms with Crippen molar-refractivity contribution in [3.63, 3.8) is 0 Å². The Morgan fingerprint density at radius 3 is 2.68 bits per heavy atom. The molecule has 7 heteroatoms. The first-order chi connectivity index (χ1) is 10.6. The third kappa shape index (κ3) is 3.48. The molecule has 0 radical (unpaired) electrons. The van der Waals surface area contributed by atoms with Gasteiger partial charge < -0.3 is 14.7 Å². The maximum atomic E-state index is 11.4. The van der Waals surface area contributed by atoms with Crippen LogP contribution in [0.5, 0.6) is 0 Å². The van der Waals surface area contributed by atoms with Crippen LogP contribution in [-0.2, 0) is 21.7 Å². The Morgan fingerprint density at radius 1 is 1.36 bits per heavy atom. The molecule has 0 saturated carbocycles. The third-order valence-electron chi connectivity index (χ3n) is 4.53. The van der Waals surface area contributed by atoms with Gasteiger partial charge in [0.25, 0.3) is 0 Å². The Morgan fingerprint density at radius 2 is 2.05 bits per heavy atom. The lowest BCUT2D eigenvalue weighted by molar-refractivity contribution is -0.133. The quantitative estimate of drug-likeness (QED) is 0.891. The highest BCUT2D eigenvalue weighted by atomic mass is 32.1. The summed E-state index contributed by atoms with van der Waals surface area (Å²) in [5, 5.41) is 13.8. The van der Waals surface area contributed by atoms with Gasteiger partial charge in [-0.1, -0.05) is 0 Å². The van der Waals surface area contributed by atoms with Crippen LogP contribution in [0.4, 0.5) is 0 Å². The summed E-state index contributed by atoms with van der Waals surface area (Å²) in [5.41, 5.74) is -0.116. The highest BCUT2D eigenvalue weighted by Gasteiger charge is 2.36. The molecule has 2 saturated heterocycles. The zero-order chi connectivity index (χ0) is 15.6. The van der Waals surface area contributed by atoms with Crippen molar-refractivity contribution in [1.29, 1.82) is 0 Å². The van der Waals surface area contributed by atoms with Crippen LogP contribution in [0.15, 0.2) is 5.38 Å². The van der Waals surface area contributed by atoms with E-state index in [9.17, 15) is 9.90 Å². The number of aliphatic hydroxyl groups is 1. The summed E-state index contributed by atoms with van der Waals surface area (Å²) in [6, 6.07) is 0. The number of hydrogen-bond acceptors (Lipinski definition) is 6. The summed E-state index contributed by atoms with van der Waals surface area (Å²) >= 11 is 1.61. The van der Waals surface area contributed by atoms with Gasteiger partial charge in [0.1, 0.15) is 10.6 Å². The molecule has 0 spiro atoms. The predicted octanol–water partition coefficient (Wildman–Crippen LogP) is 0.805. The molecule has 0 aromatic carbocycles. The zero-order valence-electron chi connectivity index (χ0n) is 13.0. The van der Waals surface area contributed by atoms with Crippen molar-refractivity contribution in [3.8, 4) is 0 Å². The van der Waals surface area contributed by atoms with E-state index in [-0.39, 0.29) is 5.91 Å². The van der Waals surface area contributed by atoms with Gasteiger partial charge in [-0.25, -0.2) is 4.98 Å². The number of amides is 1. The first-order valence-corrected chi connectivity index (χ1v) is 8.68. The van der Waals surface area contributed by atoms with Crippen LogP contribution < -0.4 is 0 Å². The SMILES string of the molecule is CC(=O)N1CCC(O)(c2csc(CN3CCOCC3)n2)CC1. The molecule has 2 aliphatic heterocycles. The second kappa shape index (κ2) is 6.62. The molecule has 122 valence electrons. The number of carbonyl (C=O) groups excluding carboxylic acids is 1. The Bertz CT molecular complexity index is 520. The largest absolute Gasteiger partial charge is 0.383 e. The third-order valence-corrected chi connectivity index (χ3v) is 5.36. The molecule has 3 rings (SSSR count). The summed E-state index contributed by atoms with van der Waals surface area (Å²) in [5.74, 6) is 0.0772. The van der Waals surface area contributed by atoms with Gasteiger partial charge in [0.05, 0.1) is 25.5 Å². The van der Waals surface area contributed by atoms with Crippen molar-refractivity contribution >= 4 is 17.2 Å². The average molecular weight is 325 g/mol. The summed E-state index contributed by atoms with van der Waals surface area (Å²) in [6.07, 6.45) is 1.13. The highest BCUT2D eigenvalue weighted by molar-refractivity contribution is 7.09. The van der Waals surface area contributed by atoms with Gasteiger partial charge in [-0.2, -0.15) is 0 Å². The van der Waals surface area contributed by atoms with Crippen molar-refractivity contribution in [2.75, 3.05) is 39.4 Å². The van der Waals surface area contributed by atoms with Crippen molar-refractivity contribution < 1.29 is 14.6 Å². The summed E-state index contributed by atoms with van der Waals surface area (Å²) in [6.45, 7) is 7.03. The van der Waals surface area contributed by atoms with E-state index in [1.807, 2.05) is 5.38 Å². The number of hydrogen-bond donors (Lipinski definition) is 1. The molecular formula is C15H23N3O3S. The maximum absolute atomic E-state index is 11.4. The number of ether oxygens (including phenoxy) is 1. The molecule has 1 amide bonds. The van der Waals surface area contributed by atoms with E-state index in [0.29, 0.717) is 25.9 Å². The van der Waals surface area contributed by atoms with E-state index in [1.165, 1.54) is 0 Å². The van der Waals surface area contributed by atoms with Crippen LogP contribution in [0.3, 0.4) is 0 Å². The van der Waals surface area contributed by atoms with E-state index >= 15 is 0 Å². The van der Waals surface area contributed by atoms with Gasteiger partial charge in [0.15, 0.2) is 0 Å². The predicted molar refractivity (Wildman–Crippen MR) is 83.6 cm³/mol. The molecule has 3 heterocycles. The van der Waals surface area contributed by atoms with Crippen molar-refractivity contribution in [2.45, 2.75) is 31.9 Å². The lowest BCUT2D eigenvalue weighted by atomic mass is 9.89. The second-order valence-corrected chi connectivity index (χ2v) is 7.00. The average Bonchev–Trinajstić information content (AvgIpc) is 2.98. The first kappa shape index (κ1) is 15.9. The Balaban J connectivity index is 1.61. The van der Waals surface area contributed by atoms with E-state index < -0.39 is 5.60 Å². The minimum Gasteiger partial charge on any atom is -0.383 e.